The number of nitrogens with one attached hydrogen (secondary N) is 1. The van der Waals surface area contributed by atoms with Gasteiger partial charge in [-0.15, -0.1) is 0 Å². The van der Waals surface area contributed by atoms with Gasteiger partial charge in [-0.1, -0.05) is 26.3 Å². The van der Waals surface area contributed by atoms with E-state index in [1.807, 2.05) is 12.3 Å². The largest absolute Gasteiger partial charge is 0.372 e. The molecule has 0 amide bonds. The predicted octanol–water partition coefficient (Wildman–Crippen LogP) is 2.90. The molecule has 0 saturated heterocycles. The van der Waals surface area contributed by atoms with Gasteiger partial charge >= 0.3 is 0 Å². The zero-order valence-corrected chi connectivity index (χ0v) is 11.2. The van der Waals surface area contributed by atoms with Crippen LogP contribution >= 0.6 is 0 Å². The number of aromatic nitrogens is 1. The molecule has 0 spiro atoms. The summed E-state index contributed by atoms with van der Waals surface area (Å²) in [5.41, 5.74) is 2.23. The predicted molar refractivity (Wildman–Crippen MR) is 70.8 cm³/mol. The number of hydrogen-bond acceptors (Lipinski definition) is 3. The van der Waals surface area contributed by atoms with Crippen molar-refractivity contribution in [1.82, 2.24) is 10.3 Å². The number of ether oxygens (including phenoxy) is 1. The van der Waals surface area contributed by atoms with E-state index in [-0.39, 0.29) is 0 Å². The molecule has 3 nitrogen and oxygen atoms in total. The van der Waals surface area contributed by atoms with Crippen LogP contribution in [0.2, 0.25) is 0 Å². The highest BCUT2D eigenvalue weighted by atomic mass is 16.5. The molecule has 0 aliphatic heterocycles. The highest BCUT2D eigenvalue weighted by Gasteiger charge is 2.02. The fourth-order valence-corrected chi connectivity index (χ4v) is 1.63. The van der Waals surface area contributed by atoms with Crippen LogP contribution in [-0.4, -0.2) is 17.6 Å². The fourth-order valence-electron chi connectivity index (χ4n) is 1.63. The molecule has 96 valence electrons. The molecule has 1 N–H and O–H groups in total. The van der Waals surface area contributed by atoms with Crippen molar-refractivity contribution in [3.8, 4) is 0 Å². The number of rotatable bonds is 8. The number of hydrogen-bond donors (Lipinski definition) is 1. The summed E-state index contributed by atoms with van der Waals surface area (Å²) >= 11 is 0. The molecule has 1 aromatic heterocycles. The van der Waals surface area contributed by atoms with Crippen LogP contribution in [0.3, 0.4) is 0 Å². The molecular formula is C14H24N2O. The van der Waals surface area contributed by atoms with Gasteiger partial charge in [-0.25, -0.2) is 0 Å². The first-order chi connectivity index (χ1) is 8.26. The van der Waals surface area contributed by atoms with Crippen LogP contribution in [-0.2, 0) is 17.9 Å². The van der Waals surface area contributed by atoms with Crippen molar-refractivity contribution < 1.29 is 4.74 Å². The first kappa shape index (κ1) is 14.1. The molecule has 0 saturated carbocycles. The van der Waals surface area contributed by atoms with Crippen molar-refractivity contribution in [2.24, 2.45) is 0 Å². The van der Waals surface area contributed by atoms with Gasteiger partial charge in [0.15, 0.2) is 0 Å². The average Bonchev–Trinajstić information content (AvgIpc) is 2.35. The van der Waals surface area contributed by atoms with Gasteiger partial charge < -0.3 is 10.1 Å². The third-order valence-electron chi connectivity index (χ3n) is 2.68. The summed E-state index contributed by atoms with van der Waals surface area (Å²) in [7, 11) is 0. The summed E-state index contributed by atoms with van der Waals surface area (Å²) in [6.45, 7) is 8.88. The molecule has 0 aliphatic rings. The monoisotopic (exact) mass is 236 g/mol. The summed E-state index contributed by atoms with van der Waals surface area (Å²) in [4.78, 5) is 4.40. The van der Waals surface area contributed by atoms with E-state index in [1.165, 1.54) is 5.56 Å². The molecule has 0 fully saturated rings. The quantitative estimate of drug-likeness (QED) is 0.753. The molecule has 1 atom stereocenters. The van der Waals surface area contributed by atoms with Crippen molar-refractivity contribution in [3.63, 3.8) is 0 Å². The van der Waals surface area contributed by atoms with Gasteiger partial charge in [-0.05, 0) is 31.5 Å². The Balaban J connectivity index is 2.34. The standard InChI is InChI=1S/C14H24N2O/c1-4-6-12(3)17-11-14-8-7-13(10-16-14)9-15-5-2/h7-8,10,12,15H,4-6,9,11H2,1-3H3. The lowest BCUT2D eigenvalue weighted by molar-refractivity contribution is 0.0452. The Kier molecular flexibility index (Phi) is 6.82. The van der Waals surface area contributed by atoms with Crippen molar-refractivity contribution in [2.75, 3.05) is 6.54 Å². The highest BCUT2D eigenvalue weighted by molar-refractivity contribution is 5.13. The van der Waals surface area contributed by atoms with Crippen LogP contribution in [0.5, 0.6) is 0 Å². The van der Waals surface area contributed by atoms with E-state index in [1.54, 1.807) is 0 Å². The van der Waals surface area contributed by atoms with E-state index >= 15 is 0 Å². The fraction of sp³-hybridized carbons (Fsp3) is 0.643. The Labute approximate surface area is 105 Å². The van der Waals surface area contributed by atoms with Gasteiger partial charge in [0.25, 0.3) is 0 Å². The van der Waals surface area contributed by atoms with E-state index in [0.29, 0.717) is 12.7 Å². The van der Waals surface area contributed by atoms with Crippen molar-refractivity contribution in [2.45, 2.75) is 52.9 Å². The van der Waals surface area contributed by atoms with Gasteiger partial charge in [-0.2, -0.15) is 0 Å². The van der Waals surface area contributed by atoms with Crippen LogP contribution in [0, 0.1) is 0 Å². The number of pyridine rings is 1. The lowest BCUT2D eigenvalue weighted by atomic mass is 10.2. The third kappa shape index (κ3) is 5.80. The van der Waals surface area contributed by atoms with Crippen LogP contribution in [0.25, 0.3) is 0 Å². The van der Waals surface area contributed by atoms with Crippen LogP contribution < -0.4 is 5.32 Å². The second kappa shape index (κ2) is 8.20. The van der Waals surface area contributed by atoms with Gasteiger partial charge in [0.05, 0.1) is 18.4 Å². The smallest absolute Gasteiger partial charge is 0.0891 e. The molecule has 0 aromatic carbocycles. The Hall–Kier alpha value is -0.930. The molecule has 0 aliphatic carbocycles. The lowest BCUT2D eigenvalue weighted by Gasteiger charge is -2.11. The molecule has 3 heteroatoms. The topological polar surface area (TPSA) is 34.1 Å². The van der Waals surface area contributed by atoms with Gasteiger partial charge in [0.1, 0.15) is 0 Å². The molecule has 0 radical (unpaired) electrons. The molecule has 17 heavy (non-hydrogen) atoms. The van der Waals surface area contributed by atoms with E-state index in [4.69, 9.17) is 4.74 Å². The summed E-state index contributed by atoms with van der Waals surface area (Å²) in [5, 5.41) is 3.28. The Morgan fingerprint density at radius 2 is 2.18 bits per heavy atom. The van der Waals surface area contributed by atoms with Gasteiger partial charge in [0, 0.05) is 12.7 Å². The summed E-state index contributed by atoms with van der Waals surface area (Å²) in [6.07, 6.45) is 4.52. The summed E-state index contributed by atoms with van der Waals surface area (Å²) < 4.78 is 5.71. The SMILES string of the molecule is CCCC(C)OCc1ccc(CNCC)cn1. The first-order valence-corrected chi connectivity index (χ1v) is 6.52. The molecule has 1 aromatic rings. The Morgan fingerprint density at radius 3 is 2.76 bits per heavy atom. The number of nitrogens with zero attached hydrogens (tertiary/aromatic N) is 1. The van der Waals surface area contributed by atoms with Gasteiger partial charge in [-0.3, -0.25) is 4.98 Å². The summed E-state index contributed by atoms with van der Waals surface area (Å²) in [5.74, 6) is 0. The first-order valence-electron chi connectivity index (χ1n) is 6.52. The van der Waals surface area contributed by atoms with Crippen molar-refractivity contribution >= 4 is 0 Å². The van der Waals surface area contributed by atoms with E-state index < -0.39 is 0 Å². The minimum Gasteiger partial charge on any atom is -0.372 e. The second-order valence-electron chi connectivity index (χ2n) is 4.35. The maximum Gasteiger partial charge on any atom is 0.0891 e. The molecule has 1 rings (SSSR count). The maximum absolute atomic E-state index is 5.71. The minimum absolute atomic E-state index is 0.322. The minimum atomic E-state index is 0.322. The van der Waals surface area contributed by atoms with Gasteiger partial charge in [0.2, 0.25) is 0 Å². The highest BCUT2D eigenvalue weighted by Crippen LogP contribution is 2.06. The third-order valence-corrected chi connectivity index (χ3v) is 2.68. The normalized spacial score (nSPS) is 12.6. The van der Waals surface area contributed by atoms with E-state index in [0.717, 1.165) is 31.6 Å². The van der Waals surface area contributed by atoms with Crippen molar-refractivity contribution in [1.29, 1.82) is 0 Å². The second-order valence-corrected chi connectivity index (χ2v) is 4.35. The van der Waals surface area contributed by atoms with E-state index in [2.05, 4.69) is 37.1 Å². The van der Waals surface area contributed by atoms with Crippen LogP contribution in [0.15, 0.2) is 18.3 Å². The molecule has 1 heterocycles. The zero-order chi connectivity index (χ0) is 12.5. The molecule has 1 unspecified atom stereocenters. The molecular weight excluding hydrogens is 212 g/mol. The Bertz CT molecular complexity index is 298. The average molecular weight is 236 g/mol. The van der Waals surface area contributed by atoms with Crippen LogP contribution in [0.1, 0.15) is 44.9 Å². The van der Waals surface area contributed by atoms with Crippen LogP contribution in [0.4, 0.5) is 0 Å². The zero-order valence-electron chi connectivity index (χ0n) is 11.2. The van der Waals surface area contributed by atoms with E-state index in [9.17, 15) is 0 Å². The summed E-state index contributed by atoms with van der Waals surface area (Å²) in [6, 6.07) is 4.16. The van der Waals surface area contributed by atoms with Crippen molar-refractivity contribution in [3.05, 3.63) is 29.6 Å². The Morgan fingerprint density at radius 1 is 1.35 bits per heavy atom. The molecule has 0 bridgehead atoms. The lowest BCUT2D eigenvalue weighted by Crippen LogP contribution is -2.12. The maximum atomic E-state index is 5.71.